The maximum absolute atomic E-state index is 13.1. The van der Waals surface area contributed by atoms with Gasteiger partial charge in [0, 0.05) is 17.6 Å². The normalized spacial score (nSPS) is 14.5. The van der Waals surface area contributed by atoms with Crippen molar-refractivity contribution in [3.63, 3.8) is 0 Å². The van der Waals surface area contributed by atoms with E-state index in [9.17, 15) is 8.78 Å². The lowest BCUT2D eigenvalue weighted by Crippen LogP contribution is -2.08. The Kier molecular flexibility index (Phi) is 4.04. The van der Waals surface area contributed by atoms with Crippen molar-refractivity contribution in [2.75, 3.05) is 11.9 Å². The van der Waals surface area contributed by atoms with Gasteiger partial charge in [0.15, 0.2) is 0 Å². The minimum atomic E-state index is -2.53. The molecular formula is C17H20F2N2. The summed E-state index contributed by atoms with van der Waals surface area (Å²) in [6.45, 7) is 2.84. The van der Waals surface area contributed by atoms with E-state index in [1.54, 1.807) is 0 Å². The van der Waals surface area contributed by atoms with Crippen LogP contribution in [0.4, 0.5) is 14.5 Å². The summed E-state index contributed by atoms with van der Waals surface area (Å²) in [5.41, 5.74) is 3.86. The number of benzene rings is 1. The molecular weight excluding hydrogens is 270 g/mol. The molecule has 4 heteroatoms. The second-order valence-corrected chi connectivity index (χ2v) is 5.63. The molecule has 1 heterocycles. The Balaban J connectivity index is 2.20. The van der Waals surface area contributed by atoms with Crippen molar-refractivity contribution < 1.29 is 8.78 Å². The number of hydrogen-bond donors (Lipinski definition) is 1. The minimum Gasteiger partial charge on any atom is -0.384 e. The average molecular weight is 290 g/mol. The van der Waals surface area contributed by atoms with E-state index >= 15 is 0 Å². The highest BCUT2D eigenvalue weighted by molar-refractivity contribution is 5.94. The fourth-order valence-electron chi connectivity index (χ4n) is 3.06. The second-order valence-electron chi connectivity index (χ2n) is 5.63. The van der Waals surface area contributed by atoms with Crippen LogP contribution >= 0.6 is 0 Å². The number of halogens is 2. The van der Waals surface area contributed by atoms with Gasteiger partial charge in [-0.2, -0.15) is 0 Å². The highest BCUT2D eigenvalue weighted by Crippen LogP contribution is 2.34. The standard InChI is InChI=1S/C17H20F2N2/c1-2-9-20-14-10-15(17(18)19)21-16-12-6-4-3-5-11(12)7-8-13(14)16/h7-8,10,17H,2-6,9H2,1H3,(H,20,21). The summed E-state index contributed by atoms with van der Waals surface area (Å²) in [5, 5.41) is 4.23. The summed E-state index contributed by atoms with van der Waals surface area (Å²) in [6.07, 6.45) is 2.69. The van der Waals surface area contributed by atoms with Gasteiger partial charge in [-0.05, 0) is 49.3 Å². The topological polar surface area (TPSA) is 24.9 Å². The van der Waals surface area contributed by atoms with E-state index < -0.39 is 6.43 Å². The molecule has 3 rings (SSSR count). The predicted molar refractivity (Wildman–Crippen MR) is 82.1 cm³/mol. The quantitative estimate of drug-likeness (QED) is 0.868. The Morgan fingerprint density at radius 1 is 1.24 bits per heavy atom. The third kappa shape index (κ3) is 2.71. The Bertz CT molecular complexity index is 653. The zero-order valence-electron chi connectivity index (χ0n) is 12.3. The number of anilines is 1. The van der Waals surface area contributed by atoms with Crippen LogP contribution in [0.1, 0.15) is 49.4 Å². The summed E-state index contributed by atoms with van der Waals surface area (Å²) >= 11 is 0. The first-order valence-electron chi connectivity index (χ1n) is 7.68. The Labute approximate surface area is 123 Å². The molecule has 0 atom stereocenters. The van der Waals surface area contributed by atoms with Crippen molar-refractivity contribution >= 4 is 16.6 Å². The number of nitrogens with zero attached hydrogens (tertiary/aromatic N) is 1. The van der Waals surface area contributed by atoms with E-state index in [1.807, 2.05) is 6.07 Å². The number of aryl methyl sites for hydroxylation is 2. The molecule has 2 aromatic rings. The van der Waals surface area contributed by atoms with Crippen LogP contribution < -0.4 is 5.32 Å². The van der Waals surface area contributed by atoms with Gasteiger partial charge in [0.2, 0.25) is 0 Å². The number of rotatable bonds is 4. The van der Waals surface area contributed by atoms with Crippen LogP contribution in [0.2, 0.25) is 0 Å². The van der Waals surface area contributed by atoms with Crippen LogP contribution in [-0.4, -0.2) is 11.5 Å². The molecule has 1 aliphatic rings. The Morgan fingerprint density at radius 2 is 2.05 bits per heavy atom. The molecule has 0 saturated heterocycles. The van der Waals surface area contributed by atoms with Gasteiger partial charge in [-0.1, -0.05) is 19.1 Å². The molecule has 0 amide bonds. The highest BCUT2D eigenvalue weighted by Gasteiger charge is 2.18. The van der Waals surface area contributed by atoms with Crippen LogP contribution in [0.5, 0.6) is 0 Å². The van der Waals surface area contributed by atoms with Gasteiger partial charge in [0.05, 0.1) is 5.52 Å². The molecule has 1 aromatic carbocycles. The van der Waals surface area contributed by atoms with E-state index in [0.717, 1.165) is 48.8 Å². The van der Waals surface area contributed by atoms with Crippen LogP contribution in [0.15, 0.2) is 18.2 Å². The molecule has 2 nitrogen and oxygen atoms in total. The number of alkyl halides is 2. The molecule has 0 radical (unpaired) electrons. The molecule has 21 heavy (non-hydrogen) atoms. The lowest BCUT2D eigenvalue weighted by Gasteiger charge is -2.19. The Hall–Kier alpha value is -1.71. The summed E-state index contributed by atoms with van der Waals surface area (Å²) in [7, 11) is 0. The SMILES string of the molecule is CCCNc1cc(C(F)F)nc2c3c(ccc12)CCCC3. The zero-order chi connectivity index (χ0) is 14.8. The molecule has 1 aromatic heterocycles. The van der Waals surface area contributed by atoms with Gasteiger partial charge >= 0.3 is 0 Å². The number of pyridine rings is 1. The van der Waals surface area contributed by atoms with Gasteiger partial charge in [-0.15, -0.1) is 0 Å². The van der Waals surface area contributed by atoms with Crippen LogP contribution in [0.25, 0.3) is 10.9 Å². The molecule has 0 fully saturated rings. The first-order chi connectivity index (χ1) is 10.2. The molecule has 0 saturated carbocycles. The fourth-order valence-corrected chi connectivity index (χ4v) is 3.06. The molecule has 112 valence electrons. The van der Waals surface area contributed by atoms with Crippen molar-refractivity contribution in [1.29, 1.82) is 0 Å². The first-order valence-corrected chi connectivity index (χ1v) is 7.68. The second kappa shape index (κ2) is 5.96. The van der Waals surface area contributed by atoms with E-state index in [2.05, 4.69) is 23.3 Å². The maximum Gasteiger partial charge on any atom is 0.280 e. The molecule has 1 N–H and O–H groups in total. The summed E-state index contributed by atoms with van der Waals surface area (Å²) in [4.78, 5) is 4.27. The lowest BCUT2D eigenvalue weighted by molar-refractivity contribution is 0.146. The highest BCUT2D eigenvalue weighted by atomic mass is 19.3. The van der Waals surface area contributed by atoms with Crippen LogP contribution in [0.3, 0.4) is 0 Å². The zero-order valence-corrected chi connectivity index (χ0v) is 12.3. The third-order valence-electron chi connectivity index (χ3n) is 4.11. The van der Waals surface area contributed by atoms with Crippen LogP contribution in [-0.2, 0) is 12.8 Å². The minimum absolute atomic E-state index is 0.125. The van der Waals surface area contributed by atoms with E-state index in [0.29, 0.717) is 0 Å². The van der Waals surface area contributed by atoms with Gasteiger partial charge in [-0.25, -0.2) is 13.8 Å². The fraction of sp³-hybridized carbons (Fsp3) is 0.471. The average Bonchev–Trinajstić information content (AvgIpc) is 2.52. The Morgan fingerprint density at radius 3 is 2.81 bits per heavy atom. The molecule has 1 aliphatic carbocycles. The van der Waals surface area contributed by atoms with E-state index in [-0.39, 0.29) is 5.69 Å². The molecule has 0 bridgehead atoms. The maximum atomic E-state index is 13.1. The molecule has 0 aliphatic heterocycles. The summed E-state index contributed by atoms with van der Waals surface area (Å²) in [6, 6.07) is 5.66. The third-order valence-corrected chi connectivity index (χ3v) is 4.11. The number of hydrogen-bond acceptors (Lipinski definition) is 2. The number of nitrogens with one attached hydrogen (secondary N) is 1. The van der Waals surface area contributed by atoms with Gasteiger partial charge < -0.3 is 5.32 Å². The van der Waals surface area contributed by atoms with Crippen molar-refractivity contribution in [3.05, 3.63) is 35.0 Å². The monoisotopic (exact) mass is 290 g/mol. The van der Waals surface area contributed by atoms with Crippen molar-refractivity contribution in [3.8, 4) is 0 Å². The lowest BCUT2D eigenvalue weighted by atomic mass is 9.89. The largest absolute Gasteiger partial charge is 0.384 e. The smallest absolute Gasteiger partial charge is 0.280 e. The van der Waals surface area contributed by atoms with E-state index in [1.165, 1.54) is 23.6 Å². The van der Waals surface area contributed by atoms with E-state index in [4.69, 9.17) is 0 Å². The molecule has 0 spiro atoms. The molecule has 0 unspecified atom stereocenters. The summed E-state index contributed by atoms with van der Waals surface area (Å²) in [5.74, 6) is 0. The number of aromatic nitrogens is 1. The first kappa shape index (κ1) is 14.2. The van der Waals surface area contributed by atoms with Crippen molar-refractivity contribution in [2.24, 2.45) is 0 Å². The predicted octanol–water partition coefficient (Wildman–Crippen LogP) is 4.87. The van der Waals surface area contributed by atoms with Crippen molar-refractivity contribution in [2.45, 2.75) is 45.5 Å². The number of fused-ring (bicyclic) bond motifs is 3. The van der Waals surface area contributed by atoms with Crippen LogP contribution in [0, 0.1) is 0 Å². The van der Waals surface area contributed by atoms with Gasteiger partial charge in [0.25, 0.3) is 6.43 Å². The van der Waals surface area contributed by atoms with Crippen molar-refractivity contribution in [1.82, 2.24) is 4.98 Å². The van der Waals surface area contributed by atoms with Gasteiger partial charge in [-0.3, -0.25) is 0 Å². The summed E-state index contributed by atoms with van der Waals surface area (Å²) < 4.78 is 26.3. The van der Waals surface area contributed by atoms with Gasteiger partial charge in [0.1, 0.15) is 5.69 Å².